The maximum Gasteiger partial charge on any atom is 0.144 e. The van der Waals surface area contributed by atoms with Gasteiger partial charge in [-0.15, -0.1) is 0 Å². The third-order valence-corrected chi connectivity index (χ3v) is 5.10. The Kier molecular flexibility index (Phi) is 5.18. The Morgan fingerprint density at radius 3 is 2.71 bits per heavy atom. The van der Waals surface area contributed by atoms with E-state index in [1.165, 1.54) is 0 Å². The smallest absolute Gasteiger partial charge is 0.144 e. The molecule has 5 nitrogen and oxygen atoms in total. The number of halogens is 1. The van der Waals surface area contributed by atoms with Crippen LogP contribution in [0.5, 0.6) is 0 Å². The molecule has 114 valence electrons. The first kappa shape index (κ1) is 16.2. The fourth-order valence-electron chi connectivity index (χ4n) is 1.79. The van der Waals surface area contributed by atoms with E-state index in [0.29, 0.717) is 12.5 Å². The van der Waals surface area contributed by atoms with Crippen molar-refractivity contribution in [1.29, 1.82) is 0 Å². The van der Waals surface area contributed by atoms with Crippen molar-refractivity contribution in [3.8, 4) is 11.4 Å². The van der Waals surface area contributed by atoms with Gasteiger partial charge in [-0.2, -0.15) is 0 Å². The van der Waals surface area contributed by atoms with Crippen LogP contribution in [0, 0.1) is 0 Å². The third-order valence-electron chi connectivity index (χ3n) is 3.02. The summed E-state index contributed by atoms with van der Waals surface area (Å²) in [7, 11) is -1.06. The number of nitrogens with zero attached hydrogens (tertiary/aromatic N) is 3. The predicted octanol–water partition coefficient (Wildman–Crippen LogP) is 3.60. The number of nitrogens with two attached hydrogens (primary N) is 1. The van der Waals surface area contributed by atoms with Crippen molar-refractivity contribution >= 4 is 29.8 Å². The molecule has 0 radical (unpaired) electrons. The Hall–Kier alpha value is -1.18. The zero-order valence-electron chi connectivity index (χ0n) is 12.6. The molecule has 0 spiro atoms. The minimum atomic E-state index is -1.06. The maximum absolute atomic E-state index is 5.79. The lowest BCUT2D eigenvalue weighted by atomic mass is 10.2. The Labute approximate surface area is 134 Å². The minimum absolute atomic E-state index is 0.489. The van der Waals surface area contributed by atoms with Gasteiger partial charge in [0.15, 0.2) is 0 Å². The van der Waals surface area contributed by atoms with Crippen LogP contribution in [0.1, 0.15) is 0 Å². The number of rotatable bonds is 6. The number of pyridine rings is 1. The zero-order chi connectivity index (χ0) is 15.5. The van der Waals surface area contributed by atoms with Gasteiger partial charge >= 0.3 is 0 Å². The van der Waals surface area contributed by atoms with Crippen LogP contribution in [-0.2, 0) is 11.5 Å². The molecule has 0 aliphatic carbocycles. The Morgan fingerprint density at radius 1 is 1.33 bits per heavy atom. The van der Waals surface area contributed by atoms with Gasteiger partial charge in [-0.1, -0.05) is 19.6 Å². The molecule has 2 N–H and O–H groups in total. The van der Waals surface area contributed by atoms with Crippen molar-refractivity contribution in [3.05, 3.63) is 29.1 Å². The van der Waals surface area contributed by atoms with Crippen LogP contribution in [0.4, 0.5) is 5.82 Å². The van der Waals surface area contributed by atoms with Crippen molar-refractivity contribution in [3.63, 3.8) is 0 Å². The molecular weight excluding hydrogens is 348 g/mol. The molecule has 2 heterocycles. The van der Waals surface area contributed by atoms with Crippen molar-refractivity contribution in [2.45, 2.75) is 32.4 Å². The molecule has 7 heteroatoms. The average molecular weight is 369 g/mol. The van der Waals surface area contributed by atoms with Crippen LogP contribution >= 0.6 is 15.9 Å². The van der Waals surface area contributed by atoms with E-state index in [4.69, 9.17) is 10.5 Å². The predicted molar refractivity (Wildman–Crippen MR) is 91.7 cm³/mol. The second kappa shape index (κ2) is 6.72. The summed E-state index contributed by atoms with van der Waals surface area (Å²) in [6.45, 7) is 8.30. The summed E-state index contributed by atoms with van der Waals surface area (Å²) in [5, 5.41) is 0. The van der Waals surface area contributed by atoms with Crippen LogP contribution in [0.25, 0.3) is 11.4 Å². The van der Waals surface area contributed by atoms with Crippen LogP contribution in [0.3, 0.4) is 0 Å². The van der Waals surface area contributed by atoms with Gasteiger partial charge < -0.3 is 15.0 Å². The van der Waals surface area contributed by atoms with Gasteiger partial charge in [0.1, 0.15) is 23.0 Å². The number of hydrogen-bond acceptors (Lipinski definition) is 4. The van der Waals surface area contributed by atoms with Gasteiger partial charge in [-0.3, -0.25) is 0 Å². The van der Waals surface area contributed by atoms with Crippen LogP contribution in [0.2, 0.25) is 25.7 Å². The molecule has 0 fully saturated rings. The minimum Gasteiger partial charge on any atom is -0.384 e. The van der Waals surface area contributed by atoms with Crippen LogP contribution in [0.15, 0.2) is 29.1 Å². The fourth-order valence-corrected chi connectivity index (χ4v) is 2.96. The quantitative estimate of drug-likeness (QED) is 0.624. The molecule has 0 bridgehead atoms. The van der Waals surface area contributed by atoms with Crippen molar-refractivity contribution in [2.24, 2.45) is 0 Å². The summed E-state index contributed by atoms with van der Waals surface area (Å²) in [6.07, 6.45) is 3.64. The Morgan fingerprint density at radius 2 is 2.10 bits per heavy atom. The third kappa shape index (κ3) is 4.94. The highest BCUT2D eigenvalue weighted by molar-refractivity contribution is 9.10. The Bertz CT molecular complexity index is 592. The molecule has 0 atom stereocenters. The van der Waals surface area contributed by atoms with Crippen LogP contribution < -0.4 is 5.73 Å². The van der Waals surface area contributed by atoms with Gasteiger partial charge in [0.25, 0.3) is 0 Å². The average Bonchev–Trinajstić information content (AvgIpc) is 2.76. The highest BCUT2D eigenvalue weighted by atomic mass is 79.9. The largest absolute Gasteiger partial charge is 0.384 e. The molecule has 0 saturated carbocycles. The number of anilines is 1. The van der Waals surface area contributed by atoms with E-state index in [-0.39, 0.29) is 0 Å². The molecule has 2 aromatic heterocycles. The monoisotopic (exact) mass is 368 g/mol. The first-order valence-electron chi connectivity index (χ1n) is 6.87. The number of ether oxygens (including phenoxy) is 1. The SMILES string of the molecule is C[Si](C)(C)CCOCn1cc(Br)nc1-c1ccc(N)nc1. The summed E-state index contributed by atoms with van der Waals surface area (Å²) < 4.78 is 8.54. The van der Waals surface area contributed by atoms with Crippen molar-refractivity contribution in [2.75, 3.05) is 12.3 Å². The van der Waals surface area contributed by atoms with Crippen molar-refractivity contribution < 1.29 is 4.74 Å². The first-order valence-corrected chi connectivity index (χ1v) is 11.4. The number of nitrogen functional groups attached to an aromatic ring is 1. The number of imidazole rings is 1. The summed E-state index contributed by atoms with van der Waals surface area (Å²) in [5.41, 5.74) is 6.54. The van der Waals surface area contributed by atoms with Gasteiger partial charge in [-0.25, -0.2) is 9.97 Å². The summed E-state index contributed by atoms with van der Waals surface area (Å²) in [5.74, 6) is 1.32. The molecule has 0 aliphatic heterocycles. The first-order chi connectivity index (χ1) is 9.85. The maximum atomic E-state index is 5.79. The van der Waals surface area contributed by atoms with Crippen LogP contribution in [-0.4, -0.2) is 29.2 Å². The molecule has 0 aromatic carbocycles. The summed E-state index contributed by atoms with van der Waals surface area (Å²) in [4.78, 5) is 8.57. The molecule has 0 amide bonds. The Balaban J connectivity index is 2.05. The number of hydrogen-bond donors (Lipinski definition) is 1. The summed E-state index contributed by atoms with van der Waals surface area (Å²) >= 11 is 3.41. The molecular formula is C14H21BrN4OSi. The lowest BCUT2D eigenvalue weighted by Gasteiger charge is -2.16. The van der Waals surface area contributed by atoms with Gasteiger partial charge in [-0.05, 0) is 34.1 Å². The lowest BCUT2D eigenvalue weighted by Crippen LogP contribution is -2.22. The highest BCUT2D eigenvalue weighted by Gasteiger charge is 2.13. The fraction of sp³-hybridized carbons (Fsp3) is 0.429. The molecule has 0 aliphatic rings. The van der Waals surface area contributed by atoms with Crippen molar-refractivity contribution in [1.82, 2.24) is 14.5 Å². The molecule has 21 heavy (non-hydrogen) atoms. The highest BCUT2D eigenvalue weighted by Crippen LogP contribution is 2.21. The zero-order valence-corrected chi connectivity index (χ0v) is 15.2. The van der Waals surface area contributed by atoms with E-state index in [1.54, 1.807) is 12.3 Å². The molecule has 0 unspecified atom stereocenters. The topological polar surface area (TPSA) is 66.0 Å². The number of aromatic nitrogens is 3. The molecule has 2 rings (SSSR count). The van der Waals surface area contributed by atoms with Gasteiger partial charge in [0, 0.05) is 32.6 Å². The standard InChI is InChI=1S/C14H21BrN4OSi/c1-21(2,3)7-6-20-10-19-9-12(15)18-14(19)11-4-5-13(16)17-8-11/h4-5,8-9H,6-7,10H2,1-3H3,(H2,16,17). The summed E-state index contributed by atoms with van der Waals surface area (Å²) in [6, 6.07) is 4.84. The van der Waals surface area contributed by atoms with E-state index in [1.807, 2.05) is 16.8 Å². The molecule has 2 aromatic rings. The van der Waals surface area contributed by atoms with E-state index in [2.05, 4.69) is 45.5 Å². The lowest BCUT2D eigenvalue weighted by molar-refractivity contribution is 0.0882. The normalized spacial score (nSPS) is 11.8. The van der Waals surface area contributed by atoms with E-state index in [0.717, 1.165) is 28.6 Å². The molecule has 0 saturated heterocycles. The van der Waals surface area contributed by atoms with E-state index in [9.17, 15) is 0 Å². The van der Waals surface area contributed by atoms with Gasteiger partial charge in [0.2, 0.25) is 0 Å². The van der Waals surface area contributed by atoms with E-state index < -0.39 is 8.07 Å². The second-order valence-electron chi connectivity index (χ2n) is 6.18. The van der Waals surface area contributed by atoms with E-state index >= 15 is 0 Å². The van der Waals surface area contributed by atoms with Gasteiger partial charge in [0.05, 0.1) is 0 Å². The second-order valence-corrected chi connectivity index (χ2v) is 12.6.